The highest BCUT2D eigenvalue weighted by molar-refractivity contribution is 5.85. The van der Waals surface area contributed by atoms with Crippen LogP contribution in [0.4, 0.5) is 0 Å². The molecule has 0 fully saturated rings. The summed E-state index contributed by atoms with van der Waals surface area (Å²) in [5.41, 5.74) is 0. The number of hydrogen-bond acceptors (Lipinski definition) is 2. The maximum Gasteiger partial charge on any atom is 0.308 e. The highest BCUT2D eigenvalue weighted by Crippen LogP contribution is 2.08. The molecular formula is C7H16ClNO2. The van der Waals surface area contributed by atoms with Crippen molar-refractivity contribution in [3.05, 3.63) is 0 Å². The van der Waals surface area contributed by atoms with E-state index in [1.54, 1.807) is 7.05 Å². The maximum atomic E-state index is 10.5. The molecule has 0 unspecified atom stereocenters. The second-order valence-corrected chi connectivity index (χ2v) is 2.75. The summed E-state index contributed by atoms with van der Waals surface area (Å²) in [5.74, 6) is -0.778. The van der Waals surface area contributed by atoms with Crippen molar-refractivity contribution in [3.63, 3.8) is 0 Å². The van der Waals surface area contributed by atoms with E-state index >= 15 is 0 Å². The number of aliphatic carboxylic acids is 1. The minimum Gasteiger partial charge on any atom is -0.481 e. The molecule has 2 N–H and O–H groups in total. The summed E-state index contributed by atoms with van der Waals surface area (Å²) in [6.07, 6.45) is 0. The number of nitrogens with one attached hydrogen (secondary N) is 1. The third-order valence-electron chi connectivity index (χ3n) is 1.55. The first-order chi connectivity index (χ1) is 4.59. The Morgan fingerprint density at radius 2 is 2.00 bits per heavy atom. The molecule has 0 aromatic heterocycles. The molecular weight excluding hydrogens is 166 g/mol. The zero-order valence-corrected chi connectivity index (χ0v) is 7.94. The monoisotopic (exact) mass is 181 g/mol. The highest BCUT2D eigenvalue weighted by Gasteiger charge is 2.19. The molecule has 0 aliphatic rings. The molecule has 11 heavy (non-hydrogen) atoms. The average molecular weight is 182 g/mol. The summed E-state index contributed by atoms with van der Waals surface area (Å²) in [6, 6.07) is 0. The van der Waals surface area contributed by atoms with Crippen LogP contribution in [-0.4, -0.2) is 24.7 Å². The summed E-state index contributed by atoms with van der Waals surface area (Å²) >= 11 is 0. The number of halogens is 1. The molecule has 0 bridgehead atoms. The Kier molecular flexibility index (Phi) is 7.79. The molecule has 0 saturated heterocycles. The van der Waals surface area contributed by atoms with Crippen LogP contribution in [0, 0.1) is 11.8 Å². The minimum absolute atomic E-state index is 0. The van der Waals surface area contributed by atoms with Gasteiger partial charge in [0.25, 0.3) is 0 Å². The van der Waals surface area contributed by atoms with Gasteiger partial charge in [0, 0.05) is 6.54 Å². The van der Waals surface area contributed by atoms with Crippen LogP contribution in [0.1, 0.15) is 13.8 Å². The van der Waals surface area contributed by atoms with Crippen molar-refractivity contribution in [3.8, 4) is 0 Å². The predicted molar refractivity (Wildman–Crippen MR) is 47.1 cm³/mol. The molecule has 0 radical (unpaired) electrons. The van der Waals surface area contributed by atoms with Crippen molar-refractivity contribution in [2.45, 2.75) is 13.8 Å². The van der Waals surface area contributed by atoms with Gasteiger partial charge in [-0.3, -0.25) is 4.79 Å². The van der Waals surface area contributed by atoms with Gasteiger partial charge in [-0.1, -0.05) is 13.8 Å². The Morgan fingerprint density at radius 1 is 1.55 bits per heavy atom. The zero-order valence-electron chi connectivity index (χ0n) is 7.13. The molecule has 0 saturated carbocycles. The van der Waals surface area contributed by atoms with E-state index in [0.29, 0.717) is 6.54 Å². The molecule has 4 heteroatoms. The van der Waals surface area contributed by atoms with Gasteiger partial charge in [0.1, 0.15) is 0 Å². The van der Waals surface area contributed by atoms with Crippen molar-refractivity contribution in [1.29, 1.82) is 0 Å². The molecule has 0 spiro atoms. The number of carbonyl (C=O) groups is 1. The third kappa shape index (κ3) is 5.04. The van der Waals surface area contributed by atoms with Crippen LogP contribution in [0.5, 0.6) is 0 Å². The second kappa shape index (κ2) is 6.43. The summed E-state index contributed by atoms with van der Waals surface area (Å²) in [7, 11) is 1.76. The van der Waals surface area contributed by atoms with Crippen molar-refractivity contribution in [2.24, 2.45) is 11.8 Å². The lowest BCUT2D eigenvalue weighted by molar-refractivity contribution is -0.143. The van der Waals surface area contributed by atoms with E-state index in [1.165, 1.54) is 0 Å². The molecule has 68 valence electrons. The van der Waals surface area contributed by atoms with Crippen LogP contribution in [0.2, 0.25) is 0 Å². The molecule has 1 atom stereocenters. The fraction of sp³-hybridized carbons (Fsp3) is 0.857. The fourth-order valence-corrected chi connectivity index (χ4v) is 0.828. The second-order valence-electron chi connectivity index (χ2n) is 2.75. The molecule has 0 aliphatic carbocycles. The van der Waals surface area contributed by atoms with Gasteiger partial charge in [-0.2, -0.15) is 0 Å². The summed E-state index contributed by atoms with van der Waals surface area (Å²) in [5, 5.41) is 11.5. The lowest BCUT2D eigenvalue weighted by atomic mass is 9.96. The van der Waals surface area contributed by atoms with Crippen LogP contribution in [0.3, 0.4) is 0 Å². The van der Waals surface area contributed by atoms with Crippen LogP contribution in [-0.2, 0) is 4.79 Å². The van der Waals surface area contributed by atoms with Gasteiger partial charge < -0.3 is 10.4 Å². The van der Waals surface area contributed by atoms with Gasteiger partial charge in [0.05, 0.1) is 5.92 Å². The Morgan fingerprint density at radius 3 is 2.09 bits per heavy atom. The van der Waals surface area contributed by atoms with Crippen molar-refractivity contribution < 1.29 is 9.90 Å². The fourth-order valence-electron chi connectivity index (χ4n) is 0.828. The molecule has 0 aromatic rings. The summed E-state index contributed by atoms with van der Waals surface area (Å²) in [6.45, 7) is 4.37. The number of carboxylic acids is 1. The Labute approximate surface area is 73.6 Å². The summed E-state index contributed by atoms with van der Waals surface area (Å²) < 4.78 is 0. The number of rotatable bonds is 4. The largest absolute Gasteiger partial charge is 0.481 e. The lowest BCUT2D eigenvalue weighted by Crippen LogP contribution is -2.29. The molecule has 0 rings (SSSR count). The van der Waals surface area contributed by atoms with Crippen LogP contribution < -0.4 is 5.32 Å². The summed E-state index contributed by atoms with van der Waals surface area (Å²) in [4.78, 5) is 10.5. The van der Waals surface area contributed by atoms with E-state index in [4.69, 9.17) is 5.11 Å². The normalized spacial score (nSPS) is 12.4. The van der Waals surface area contributed by atoms with E-state index in [2.05, 4.69) is 5.32 Å². The molecule has 0 aromatic carbocycles. The Balaban J connectivity index is 0. The highest BCUT2D eigenvalue weighted by atomic mass is 35.5. The van der Waals surface area contributed by atoms with Gasteiger partial charge in [0.2, 0.25) is 0 Å². The third-order valence-corrected chi connectivity index (χ3v) is 1.55. The minimum atomic E-state index is -0.718. The van der Waals surface area contributed by atoms with E-state index in [-0.39, 0.29) is 24.2 Å². The van der Waals surface area contributed by atoms with E-state index < -0.39 is 5.97 Å². The first-order valence-electron chi connectivity index (χ1n) is 3.47. The van der Waals surface area contributed by atoms with E-state index in [9.17, 15) is 4.79 Å². The van der Waals surface area contributed by atoms with E-state index in [0.717, 1.165) is 0 Å². The predicted octanol–water partition coefficient (Wildman–Crippen LogP) is 0.984. The van der Waals surface area contributed by atoms with Gasteiger partial charge in [-0.15, -0.1) is 12.4 Å². The average Bonchev–Trinajstić information content (AvgIpc) is 1.81. The smallest absolute Gasteiger partial charge is 0.308 e. The van der Waals surface area contributed by atoms with Crippen molar-refractivity contribution in [2.75, 3.05) is 13.6 Å². The molecule has 3 nitrogen and oxygen atoms in total. The topological polar surface area (TPSA) is 49.3 Å². The Hall–Kier alpha value is -0.280. The van der Waals surface area contributed by atoms with Gasteiger partial charge in [0.15, 0.2) is 0 Å². The first-order valence-corrected chi connectivity index (χ1v) is 3.47. The van der Waals surface area contributed by atoms with Crippen molar-refractivity contribution >= 4 is 18.4 Å². The van der Waals surface area contributed by atoms with Gasteiger partial charge in [-0.25, -0.2) is 0 Å². The van der Waals surface area contributed by atoms with Gasteiger partial charge >= 0.3 is 5.97 Å². The van der Waals surface area contributed by atoms with Gasteiger partial charge in [-0.05, 0) is 13.0 Å². The van der Waals surface area contributed by atoms with Crippen LogP contribution in [0.15, 0.2) is 0 Å². The number of hydrogen-bond donors (Lipinski definition) is 2. The lowest BCUT2D eigenvalue weighted by Gasteiger charge is -2.14. The molecule has 0 heterocycles. The zero-order chi connectivity index (χ0) is 8.15. The van der Waals surface area contributed by atoms with E-state index in [1.807, 2.05) is 13.8 Å². The quantitative estimate of drug-likeness (QED) is 0.680. The number of carboxylic acid groups (broad SMARTS) is 1. The standard InChI is InChI=1S/C7H15NO2.ClH/c1-5(2)6(4-8-3)7(9)10;/h5-6,8H,4H2,1-3H3,(H,9,10);1H/t6-;/m1./s1. The molecule has 0 aliphatic heterocycles. The maximum absolute atomic E-state index is 10.5. The SMILES string of the molecule is CNC[C@@H](C(=O)O)C(C)C.Cl. The Bertz CT molecular complexity index is 117. The molecule has 0 amide bonds. The van der Waals surface area contributed by atoms with Crippen LogP contribution in [0.25, 0.3) is 0 Å². The van der Waals surface area contributed by atoms with Crippen LogP contribution >= 0.6 is 12.4 Å². The first kappa shape index (κ1) is 13.3. The van der Waals surface area contributed by atoms with Crippen molar-refractivity contribution in [1.82, 2.24) is 5.32 Å².